The average Bonchev–Trinajstić information content (AvgIpc) is 2.47. The van der Waals surface area contributed by atoms with E-state index in [4.69, 9.17) is 5.73 Å². The molecule has 0 atom stereocenters. The van der Waals surface area contributed by atoms with Gasteiger partial charge < -0.3 is 11.1 Å². The molecular formula is C17H28N2O. The van der Waals surface area contributed by atoms with Crippen LogP contribution in [0.1, 0.15) is 63.9 Å². The van der Waals surface area contributed by atoms with Gasteiger partial charge in [-0.05, 0) is 18.1 Å². The molecule has 3 nitrogen and oxygen atoms in total. The van der Waals surface area contributed by atoms with Gasteiger partial charge in [-0.2, -0.15) is 0 Å². The maximum atomic E-state index is 11.9. The molecule has 0 fully saturated rings. The van der Waals surface area contributed by atoms with Gasteiger partial charge in [0.1, 0.15) is 0 Å². The highest BCUT2D eigenvalue weighted by Gasteiger charge is 2.05. The van der Waals surface area contributed by atoms with Crippen molar-refractivity contribution in [1.29, 1.82) is 0 Å². The molecule has 0 radical (unpaired) electrons. The molecule has 1 aromatic rings. The molecule has 0 heterocycles. The second-order valence-electron chi connectivity index (χ2n) is 5.28. The maximum absolute atomic E-state index is 11.9. The molecule has 20 heavy (non-hydrogen) atoms. The first-order valence-corrected chi connectivity index (χ1v) is 7.85. The van der Waals surface area contributed by atoms with Crippen LogP contribution >= 0.6 is 0 Å². The van der Waals surface area contributed by atoms with Crippen LogP contribution in [0.5, 0.6) is 0 Å². The number of unbranched alkanes of at least 4 members (excludes halogenated alkanes) is 6. The summed E-state index contributed by atoms with van der Waals surface area (Å²) < 4.78 is 0. The molecule has 0 bridgehead atoms. The second-order valence-corrected chi connectivity index (χ2v) is 5.28. The van der Waals surface area contributed by atoms with Gasteiger partial charge in [0.05, 0.1) is 0 Å². The predicted molar refractivity (Wildman–Crippen MR) is 85.6 cm³/mol. The minimum atomic E-state index is 0.0967. The van der Waals surface area contributed by atoms with Crippen LogP contribution in [0.25, 0.3) is 0 Å². The largest absolute Gasteiger partial charge is 0.326 e. The van der Waals surface area contributed by atoms with Gasteiger partial charge in [0.15, 0.2) is 0 Å². The Balaban J connectivity index is 2.17. The molecule has 1 amide bonds. The van der Waals surface area contributed by atoms with Gasteiger partial charge in [-0.25, -0.2) is 0 Å². The van der Waals surface area contributed by atoms with E-state index in [1.807, 2.05) is 24.3 Å². The van der Waals surface area contributed by atoms with Crippen molar-refractivity contribution in [1.82, 2.24) is 0 Å². The number of rotatable bonds is 10. The van der Waals surface area contributed by atoms with Gasteiger partial charge >= 0.3 is 0 Å². The first-order chi connectivity index (χ1) is 9.77. The molecular weight excluding hydrogens is 248 g/mol. The lowest BCUT2D eigenvalue weighted by Gasteiger charge is -2.09. The number of nitrogens with two attached hydrogens (primary N) is 1. The van der Waals surface area contributed by atoms with Gasteiger partial charge in [-0.3, -0.25) is 4.79 Å². The van der Waals surface area contributed by atoms with Gasteiger partial charge in [0.25, 0.3) is 0 Å². The van der Waals surface area contributed by atoms with Gasteiger partial charge in [-0.1, -0.05) is 63.6 Å². The lowest BCUT2D eigenvalue weighted by atomic mass is 10.1. The predicted octanol–water partition coefficient (Wildman–Crippen LogP) is 4.22. The van der Waals surface area contributed by atoms with E-state index in [-0.39, 0.29) is 5.91 Å². The molecule has 3 N–H and O–H groups in total. The van der Waals surface area contributed by atoms with Crippen molar-refractivity contribution in [3.8, 4) is 0 Å². The monoisotopic (exact) mass is 276 g/mol. The molecule has 0 aliphatic carbocycles. The van der Waals surface area contributed by atoms with Gasteiger partial charge in [-0.15, -0.1) is 0 Å². The zero-order valence-corrected chi connectivity index (χ0v) is 12.7. The maximum Gasteiger partial charge on any atom is 0.224 e. The Kier molecular flexibility index (Phi) is 8.72. The topological polar surface area (TPSA) is 55.1 Å². The number of carbonyl (C=O) groups excluding carboxylic acids is 1. The third-order valence-electron chi connectivity index (χ3n) is 3.52. The van der Waals surface area contributed by atoms with E-state index in [0.717, 1.165) is 24.1 Å². The highest BCUT2D eigenvalue weighted by molar-refractivity contribution is 5.91. The van der Waals surface area contributed by atoms with E-state index in [1.165, 1.54) is 32.1 Å². The minimum Gasteiger partial charge on any atom is -0.326 e. The van der Waals surface area contributed by atoms with Crippen LogP contribution in [0, 0.1) is 0 Å². The highest BCUT2D eigenvalue weighted by Crippen LogP contribution is 2.15. The number of anilines is 1. The molecule has 0 spiro atoms. The Hall–Kier alpha value is -1.35. The van der Waals surface area contributed by atoms with Crippen LogP contribution in [-0.4, -0.2) is 5.91 Å². The number of hydrogen-bond donors (Lipinski definition) is 2. The first-order valence-electron chi connectivity index (χ1n) is 7.85. The Morgan fingerprint density at radius 3 is 2.40 bits per heavy atom. The summed E-state index contributed by atoms with van der Waals surface area (Å²) in [5.74, 6) is 0.0967. The molecule has 0 aliphatic heterocycles. The fourth-order valence-electron chi connectivity index (χ4n) is 2.28. The molecule has 1 rings (SSSR count). The molecule has 0 unspecified atom stereocenters. The van der Waals surface area contributed by atoms with Crippen LogP contribution in [0.3, 0.4) is 0 Å². The van der Waals surface area contributed by atoms with E-state index < -0.39 is 0 Å². The summed E-state index contributed by atoms with van der Waals surface area (Å²) >= 11 is 0. The zero-order valence-electron chi connectivity index (χ0n) is 12.7. The Morgan fingerprint density at radius 2 is 1.70 bits per heavy atom. The van der Waals surface area contributed by atoms with Crippen molar-refractivity contribution in [2.45, 2.75) is 64.8 Å². The van der Waals surface area contributed by atoms with Gasteiger partial charge in [0.2, 0.25) is 5.91 Å². The first kappa shape index (κ1) is 16.7. The molecule has 112 valence electrons. The van der Waals surface area contributed by atoms with Crippen LogP contribution in [0.4, 0.5) is 5.69 Å². The number of carbonyl (C=O) groups is 1. The van der Waals surface area contributed by atoms with Crippen LogP contribution in [-0.2, 0) is 11.3 Å². The number of para-hydroxylation sites is 1. The van der Waals surface area contributed by atoms with Crippen molar-refractivity contribution in [3.63, 3.8) is 0 Å². The fraction of sp³-hybridized carbons (Fsp3) is 0.588. The summed E-state index contributed by atoms with van der Waals surface area (Å²) in [5, 5.41) is 2.95. The normalized spacial score (nSPS) is 10.5. The summed E-state index contributed by atoms with van der Waals surface area (Å²) in [7, 11) is 0. The summed E-state index contributed by atoms with van der Waals surface area (Å²) in [5.41, 5.74) is 7.49. The number of benzene rings is 1. The van der Waals surface area contributed by atoms with E-state index >= 15 is 0 Å². The average molecular weight is 276 g/mol. The lowest BCUT2D eigenvalue weighted by Crippen LogP contribution is -2.13. The standard InChI is InChI=1S/C17H28N2O/c1-2-3-4-5-6-7-8-13-17(20)19-16-12-10-9-11-15(16)14-18/h9-12H,2-8,13-14,18H2,1H3,(H,19,20). The van der Waals surface area contributed by atoms with Crippen LogP contribution in [0.15, 0.2) is 24.3 Å². The van der Waals surface area contributed by atoms with Crippen LogP contribution in [0.2, 0.25) is 0 Å². The van der Waals surface area contributed by atoms with E-state index in [9.17, 15) is 4.79 Å². The molecule has 3 heteroatoms. The third-order valence-corrected chi connectivity index (χ3v) is 3.52. The molecule has 1 aromatic carbocycles. The molecule has 0 saturated carbocycles. The van der Waals surface area contributed by atoms with Crippen molar-refractivity contribution in [2.75, 3.05) is 5.32 Å². The van der Waals surface area contributed by atoms with Crippen molar-refractivity contribution < 1.29 is 4.79 Å². The third kappa shape index (κ3) is 6.71. The Labute approximate surface area is 122 Å². The smallest absolute Gasteiger partial charge is 0.224 e. The van der Waals surface area contributed by atoms with Crippen molar-refractivity contribution >= 4 is 11.6 Å². The van der Waals surface area contributed by atoms with Crippen molar-refractivity contribution in [2.24, 2.45) is 5.73 Å². The number of nitrogens with one attached hydrogen (secondary N) is 1. The number of hydrogen-bond acceptors (Lipinski definition) is 2. The van der Waals surface area contributed by atoms with Gasteiger partial charge in [0, 0.05) is 18.7 Å². The summed E-state index contributed by atoms with van der Waals surface area (Å²) in [6.07, 6.45) is 9.20. The highest BCUT2D eigenvalue weighted by atomic mass is 16.1. The lowest BCUT2D eigenvalue weighted by molar-refractivity contribution is -0.116. The number of amides is 1. The summed E-state index contributed by atoms with van der Waals surface area (Å²) in [4.78, 5) is 11.9. The van der Waals surface area contributed by atoms with Crippen LogP contribution < -0.4 is 11.1 Å². The Bertz CT molecular complexity index is 390. The molecule has 0 aromatic heterocycles. The van der Waals surface area contributed by atoms with Crippen molar-refractivity contribution in [3.05, 3.63) is 29.8 Å². The zero-order chi connectivity index (χ0) is 14.6. The molecule has 0 aliphatic rings. The van der Waals surface area contributed by atoms with E-state index in [1.54, 1.807) is 0 Å². The minimum absolute atomic E-state index is 0.0967. The fourth-order valence-corrected chi connectivity index (χ4v) is 2.28. The van der Waals surface area contributed by atoms with E-state index in [2.05, 4.69) is 12.2 Å². The molecule has 0 saturated heterocycles. The quantitative estimate of drug-likeness (QED) is 0.628. The second kappa shape index (κ2) is 10.4. The summed E-state index contributed by atoms with van der Waals surface area (Å²) in [6.45, 7) is 2.68. The summed E-state index contributed by atoms with van der Waals surface area (Å²) in [6, 6.07) is 7.71. The van der Waals surface area contributed by atoms with E-state index in [0.29, 0.717) is 13.0 Å². The Morgan fingerprint density at radius 1 is 1.05 bits per heavy atom. The SMILES string of the molecule is CCCCCCCCCC(=O)Nc1ccccc1CN.